The lowest BCUT2D eigenvalue weighted by Gasteiger charge is -2.27. The number of aromatic nitrogens is 1. The van der Waals surface area contributed by atoms with Gasteiger partial charge in [-0.15, -0.1) is 0 Å². The van der Waals surface area contributed by atoms with E-state index in [2.05, 4.69) is 73.2 Å². The van der Waals surface area contributed by atoms with Gasteiger partial charge in [-0.3, -0.25) is 0 Å². The van der Waals surface area contributed by atoms with E-state index >= 15 is 0 Å². The van der Waals surface area contributed by atoms with Crippen LogP contribution in [-0.2, 0) is 0 Å². The lowest BCUT2D eigenvalue weighted by atomic mass is 10.1. The largest absolute Gasteiger partial charge is 0.354 e. The SMILES string of the molecule is C[Si](C)(C)[C@@H]1c2ccccc2-c2[nH]c3ccccc3c21. The lowest BCUT2D eigenvalue weighted by molar-refractivity contribution is 1.14. The molecule has 1 aliphatic carbocycles. The molecule has 0 unspecified atom stereocenters. The number of hydrogen-bond acceptors (Lipinski definition) is 0. The molecule has 0 aliphatic heterocycles. The van der Waals surface area contributed by atoms with Gasteiger partial charge in [0, 0.05) is 22.0 Å². The summed E-state index contributed by atoms with van der Waals surface area (Å²) in [5.41, 5.74) is 7.71. The van der Waals surface area contributed by atoms with Gasteiger partial charge in [-0.2, -0.15) is 0 Å². The van der Waals surface area contributed by atoms with E-state index in [-0.39, 0.29) is 0 Å². The average Bonchev–Trinajstić information content (AvgIpc) is 2.92. The van der Waals surface area contributed by atoms with Crippen molar-refractivity contribution < 1.29 is 0 Å². The van der Waals surface area contributed by atoms with Gasteiger partial charge < -0.3 is 4.98 Å². The molecule has 1 aromatic heterocycles. The molecular formula is C18H19NSi. The summed E-state index contributed by atoms with van der Waals surface area (Å²) in [6.07, 6.45) is 0. The molecule has 100 valence electrons. The van der Waals surface area contributed by atoms with Crippen LogP contribution >= 0.6 is 0 Å². The third kappa shape index (κ3) is 1.48. The Morgan fingerprint density at radius 1 is 0.900 bits per heavy atom. The first-order valence-corrected chi connectivity index (χ1v) is 10.8. The maximum absolute atomic E-state index is 3.66. The quantitative estimate of drug-likeness (QED) is 0.591. The first-order chi connectivity index (χ1) is 9.57. The molecule has 0 radical (unpaired) electrons. The predicted molar refractivity (Wildman–Crippen MR) is 88.9 cm³/mol. The van der Waals surface area contributed by atoms with Crippen molar-refractivity contribution in [2.24, 2.45) is 0 Å². The van der Waals surface area contributed by atoms with E-state index < -0.39 is 8.07 Å². The van der Waals surface area contributed by atoms with Crippen LogP contribution < -0.4 is 0 Å². The topological polar surface area (TPSA) is 15.8 Å². The summed E-state index contributed by atoms with van der Waals surface area (Å²) in [7, 11) is -1.33. The maximum atomic E-state index is 3.66. The van der Waals surface area contributed by atoms with Gasteiger partial charge in [0.2, 0.25) is 0 Å². The maximum Gasteiger partial charge on any atom is 0.0575 e. The smallest absolute Gasteiger partial charge is 0.0575 e. The Labute approximate surface area is 120 Å². The minimum Gasteiger partial charge on any atom is -0.354 e. The lowest BCUT2D eigenvalue weighted by Crippen LogP contribution is -2.30. The molecule has 1 nitrogen and oxygen atoms in total. The Morgan fingerprint density at radius 2 is 1.60 bits per heavy atom. The van der Waals surface area contributed by atoms with Crippen LogP contribution in [-0.4, -0.2) is 13.1 Å². The van der Waals surface area contributed by atoms with Gasteiger partial charge in [0.1, 0.15) is 0 Å². The highest BCUT2D eigenvalue weighted by molar-refractivity contribution is 6.78. The molecular weight excluding hydrogens is 258 g/mol. The fraction of sp³-hybridized carbons (Fsp3) is 0.222. The Morgan fingerprint density at radius 3 is 2.40 bits per heavy atom. The van der Waals surface area contributed by atoms with Crippen LogP contribution in [0.25, 0.3) is 22.2 Å². The molecule has 0 fully saturated rings. The summed E-state index contributed by atoms with van der Waals surface area (Å²) in [6, 6.07) is 17.6. The summed E-state index contributed by atoms with van der Waals surface area (Å²) in [5, 5.41) is 1.41. The van der Waals surface area contributed by atoms with E-state index in [1.54, 1.807) is 5.56 Å². The second-order valence-electron chi connectivity index (χ2n) is 6.85. The monoisotopic (exact) mass is 277 g/mol. The second-order valence-corrected chi connectivity index (χ2v) is 12.2. The van der Waals surface area contributed by atoms with Gasteiger partial charge in [-0.25, -0.2) is 0 Å². The zero-order valence-corrected chi connectivity index (χ0v) is 13.2. The first-order valence-electron chi connectivity index (χ1n) is 7.27. The van der Waals surface area contributed by atoms with Crippen molar-refractivity contribution in [2.75, 3.05) is 0 Å². The van der Waals surface area contributed by atoms with Crippen LogP contribution in [0.15, 0.2) is 48.5 Å². The summed E-state index contributed by atoms with van der Waals surface area (Å²) >= 11 is 0. The molecule has 1 aliphatic rings. The number of benzene rings is 2. The van der Waals surface area contributed by atoms with Crippen LogP contribution in [0.3, 0.4) is 0 Å². The third-order valence-electron chi connectivity index (χ3n) is 4.44. The Kier molecular flexibility index (Phi) is 2.31. The molecule has 4 rings (SSSR count). The van der Waals surface area contributed by atoms with Crippen LogP contribution in [0.4, 0.5) is 0 Å². The van der Waals surface area contributed by atoms with Crippen LogP contribution in [0, 0.1) is 0 Å². The highest BCUT2D eigenvalue weighted by atomic mass is 28.3. The van der Waals surface area contributed by atoms with Crippen LogP contribution in [0.1, 0.15) is 16.7 Å². The fourth-order valence-electron chi connectivity index (χ4n) is 3.71. The molecule has 0 amide bonds. The van der Waals surface area contributed by atoms with Gasteiger partial charge in [-0.1, -0.05) is 62.1 Å². The zero-order chi connectivity index (χ0) is 13.9. The number of H-pyrrole nitrogens is 1. The predicted octanol–water partition coefficient (Wildman–Crippen LogP) is 5.16. The molecule has 1 N–H and O–H groups in total. The Hall–Kier alpha value is -1.80. The molecule has 20 heavy (non-hydrogen) atoms. The highest BCUT2D eigenvalue weighted by Crippen LogP contribution is 2.51. The first kappa shape index (κ1) is 12.0. The number of para-hydroxylation sites is 1. The average molecular weight is 277 g/mol. The van der Waals surface area contributed by atoms with Crippen LogP contribution in [0.5, 0.6) is 0 Å². The third-order valence-corrected chi connectivity index (χ3v) is 6.77. The molecule has 2 aromatic carbocycles. The number of aromatic amines is 1. The Balaban J connectivity index is 2.13. The van der Waals surface area contributed by atoms with Crippen molar-refractivity contribution in [1.82, 2.24) is 4.98 Å². The van der Waals surface area contributed by atoms with E-state index in [9.17, 15) is 0 Å². The van der Waals surface area contributed by atoms with Crippen LogP contribution in [0.2, 0.25) is 19.6 Å². The van der Waals surface area contributed by atoms with Gasteiger partial charge >= 0.3 is 0 Å². The molecule has 1 heterocycles. The van der Waals surface area contributed by atoms with Crippen molar-refractivity contribution in [3.8, 4) is 11.3 Å². The summed E-state index contributed by atoms with van der Waals surface area (Å²) in [5.74, 6) is 0. The van der Waals surface area contributed by atoms with Crippen molar-refractivity contribution in [2.45, 2.75) is 25.2 Å². The van der Waals surface area contributed by atoms with Gasteiger partial charge in [-0.05, 0) is 17.2 Å². The van der Waals surface area contributed by atoms with Crippen molar-refractivity contribution >= 4 is 19.0 Å². The zero-order valence-electron chi connectivity index (χ0n) is 12.2. The number of fused-ring (bicyclic) bond motifs is 5. The summed E-state index contributed by atoms with van der Waals surface area (Å²) in [6.45, 7) is 7.43. The van der Waals surface area contributed by atoms with E-state index in [0.29, 0.717) is 5.54 Å². The Bertz CT molecular complexity index is 808. The molecule has 3 aromatic rings. The van der Waals surface area contributed by atoms with Gasteiger partial charge in [0.05, 0.1) is 13.8 Å². The number of rotatable bonds is 1. The number of hydrogen-bond donors (Lipinski definition) is 1. The van der Waals surface area contributed by atoms with Gasteiger partial charge in [0.15, 0.2) is 0 Å². The van der Waals surface area contributed by atoms with Gasteiger partial charge in [0.25, 0.3) is 0 Å². The minimum atomic E-state index is -1.33. The highest BCUT2D eigenvalue weighted by Gasteiger charge is 2.39. The van der Waals surface area contributed by atoms with Crippen molar-refractivity contribution in [3.63, 3.8) is 0 Å². The molecule has 0 spiro atoms. The van der Waals surface area contributed by atoms with Crippen molar-refractivity contribution in [3.05, 3.63) is 59.7 Å². The minimum absolute atomic E-state index is 0.602. The fourth-order valence-corrected chi connectivity index (χ4v) is 6.06. The standard InChI is InChI=1S/C18H19NSi/c1-20(2,3)18-13-9-5-4-8-12(13)17-16(18)14-10-6-7-11-15(14)19-17/h4-11,18-19H,1-3H3/t18-/m1/s1. The van der Waals surface area contributed by atoms with E-state index in [4.69, 9.17) is 0 Å². The molecule has 0 bridgehead atoms. The molecule has 0 saturated heterocycles. The second kappa shape index (κ2) is 3.86. The molecule has 0 saturated carbocycles. The van der Waals surface area contributed by atoms with E-state index in [1.807, 2.05) is 0 Å². The number of nitrogens with one attached hydrogen (secondary N) is 1. The molecule has 1 atom stereocenters. The van der Waals surface area contributed by atoms with E-state index in [1.165, 1.54) is 27.7 Å². The summed E-state index contributed by atoms with van der Waals surface area (Å²) < 4.78 is 0. The van der Waals surface area contributed by atoms with E-state index in [0.717, 1.165) is 0 Å². The normalized spacial score (nSPS) is 17.2. The van der Waals surface area contributed by atoms with Crippen molar-refractivity contribution in [1.29, 1.82) is 0 Å². The summed E-state index contributed by atoms with van der Waals surface area (Å²) in [4.78, 5) is 3.66. The molecule has 2 heteroatoms.